The molecule has 0 saturated carbocycles. The zero-order chi connectivity index (χ0) is 14.9. The van der Waals surface area contributed by atoms with Gasteiger partial charge in [-0.2, -0.15) is 0 Å². The van der Waals surface area contributed by atoms with Crippen molar-refractivity contribution in [2.75, 3.05) is 11.9 Å². The van der Waals surface area contributed by atoms with Crippen LogP contribution >= 0.6 is 0 Å². The predicted molar refractivity (Wildman–Crippen MR) is 79.6 cm³/mol. The summed E-state index contributed by atoms with van der Waals surface area (Å²) in [7, 11) is -3.58. The number of nitrogens with one attached hydrogen (secondary N) is 2. The molecule has 2 fully saturated rings. The first-order valence-corrected chi connectivity index (χ1v) is 8.94. The summed E-state index contributed by atoms with van der Waals surface area (Å²) in [5.74, 6) is 0. The van der Waals surface area contributed by atoms with Crippen LogP contribution in [0.15, 0.2) is 23.4 Å². The van der Waals surface area contributed by atoms with Crippen molar-refractivity contribution >= 4 is 15.7 Å². The average molecular weight is 311 g/mol. The van der Waals surface area contributed by atoms with E-state index in [0.29, 0.717) is 5.69 Å². The molecule has 3 atom stereocenters. The maximum Gasteiger partial charge on any atom is 0.244 e. The van der Waals surface area contributed by atoms with E-state index in [1.807, 2.05) is 6.92 Å². The Morgan fingerprint density at radius 1 is 1.43 bits per heavy atom. The van der Waals surface area contributed by atoms with Gasteiger partial charge in [-0.05, 0) is 31.7 Å². The van der Waals surface area contributed by atoms with Crippen molar-refractivity contribution < 1.29 is 13.2 Å². The Hall–Kier alpha value is -1.18. The summed E-state index contributed by atoms with van der Waals surface area (Å²) >= 11 is 0. The van der Waals surface area contributed by atoms with Gasteiger partial charge in [0.1, 0.15) is 4.90 Å². The topological polar surface area (TPSA) is 80.3 Å². The molecule has 0 aromatic carbocycles. The van der Waals surface area contributed by atoms with Crippen LogP contribution < -0.4 is 10.0 Å². The number of fused-ring (bicyclic) bond motifs is 2. The molecule has 2 aliphatic rings. The zero-order valence-corrected chi connectivity index (χ0v) is 12.9. The van der Waals surface area contributed by atoms with E-state index in [2.05, 4.69) is 15.0 Å². The summed E-state index contributed by atoms with van der Waals surface area (Å²) < 4.78 is 33.7. The van der Waals surface area contributed by atoms with Gasteiger partial charge in [-0.3, -0.25) is 4.98 Å². The maximum atomic E-state index is 12.6. The largest absolute Gasteiger partial charge is 0.384 e. The van der Waals surface area contributed by atoms with Crippen molar-refractivity contribution in [3.63, 3.8) is 0 Å². The molecule has 1 aromatic heterocycles. The summed E-state index contributed by atoms with van der Waals surface area (Å²) in [5.41, 5.74) is 0.600. The molecule has 2 N–H and O–H groups in total. The number of hydrogen-bond acceptors (Lipinski definition) is 5. The quantitative estimate of drug-likeness (QED) is 0.832. The van der Waals surface area contributed by atoms with Crippen molar-refractivity contribution in [2.24, 2.45) is 0 Å². The standard InChI is InChI=1S/C14H21N3O3S/c1-2-6-16-11-5-7-15-9-14(11)21(18,19)17-12-8-10-3-4-13(12)20-10/h5,7,9-10,12-13,17H,2-4,6,8H2,1H3,(H,15,16). The highest BCUT2D eigenvalue weighted by Crippen LogP contribution is 2.35. The molecule has 0 aliphatic carbocycles. The number of rotatable bonds is 6. The summed E-state index contributed by atoms with van der Waals surface area (Å²) in [6.07, 6.45) is 6.90. The van der Waals surface area contributed by atoms with Gasteiger partial charge in [0.15, 0.2) is 0 Å². The lowest BCUT2D eigenvalue weighted by atomic mass is 9.96. The van der Waals surface area contributed by atoms with Crippen molar-refractivity contribution in [1.82, 2.24) is 9.71 Å². The molecule has 3 rings (SSSR count). The summed E-state index contributed by atoms with van der Waals surface area (Å²) in [4.78, 5) is 4.16. The first-order chi connectivity index (χ1) is 10.1. The number of hydrogen-bond donors (Lipinski definition) is 2. The van der Waals surface area contributed by atoms with Crippen LogP contribution in [0.1, 0.15) is 32.6 Å². The molecular weight excluding hydrogens is 290 g/mol. The van der Waals surface area contributed by atoms with E-state index in [1.165, 1.54) is 6.20 Å². The molecule has 2 bridgehead atoms. The van der Waals surface area contributed by atoms with E-state index < -0.39 is 10.0 Å². The molecule has 0 amide bonds. The minimum Gasteiger partial charge on any atom is -0.384 e. The van der Waals surface area contributed by atoms with Crippen LogP contribution in [0.25, 0.3) is 0 Å². The lowest BCUT2D eigenvalue weighted by Gasteiger charge is -2.21. The molecule has 7 heteroatoms. The number of aromatic nitrogens is 1. The fraction of sp³-hybridized carbons (Fsp3) is 0.643. The van der Waals surface area contributed by atoms with E-state index in [1.54, 1.807) is 12.3 Å². The Bertz CT molecular complexity index is 605. The van der Waals surface area contributed by atoms with Crippen LogP contribution in [0.5, 0.6) is 0 Å². The Kier molecular flexibility index (Phi) is 4.14. The molecular formula is C14H21N3O3S. The third-order valence-electron chi connectivity index (χ3n) is 4.05. The monoisotopic (exact) mass is 311 g/mol. The van der Waals surface area contributed by atoms with Crippen LogP contribution in [0.2, 0.25) is 0 Å². The third kappa shape index (κ3) is 3.04. The molecule has 21 heavy (non-hydrogen) atoms. The normalized spacial score (nSPS) is 28.0. The van der Waals surface area contributed by atoms with Gasteiger partial charge in [-0.1, -0.05) is 6.92 Å². The number of nitrogens with zero attached hydrogens (tertiary/aromatic N) is 1. The summed E-state index contributed by atoms with van der Waals surface area (Å²) in [6, 6.07) is 1.58. The van der Waals surface area contributed by atoms with E-state index in [4.69, 9.17) is 4.74 Å². The fourth-order valence-electron chi connectivity index (χ4n) is 3.02. The van der Waals surface area contributed by atoms with E-state index in [0.717, 1.165) is 32.2 Å². The number of ether oxygens (including phenoxy) is 1. The predicted octanol–water partition coefficient (Wildman–Crippen LogP) is 1.50. The smallest absolute Gasteiger partial charge is 0.244 e. The molecule has 2 aliphatic heterocycles. The van der Waals surface area contributed by atoms with Gasteiger partial charge in [-0.15, -0.1) is 0 Å². The van der Waals surface area contributed by atoms with Crippen molar-refractivity contribution in [3.05, 3.63) is 18.5 Å². The van der Waals surface area contributed by atoms with E-state index in [-0.39, 0.29) is 23.1 Å². The zero-order valence-electron chi connectivity index (χ0n) is 12.1. The van der Waals surface area contributed by atoms with Crippen molar-refractivity contribution in [3.8, 4) is 0 Å². The second-order valence-corrected chi connectivity index (χ2v) is 7.32. The van der Waals surface area contributed by atoms with Crippen molar-refractivity contribution in [1.29, 1.82) is 0 Å². The SMILES string of the molecule is CCCNc1ccncc1S(=O)(=O)NC1CC2CCC1O2. The van der Waals surface area contributed by atoms with Gasteiger partial charge < -0.3 is 10.1 Å². The first kappa shape index (κ1) is 14.7. The van der Waals surface area contributed by atoms with Crippen LogP contribution in [0.3, 0.4) is 0 Å². The van der Waals surface area contributed by atoms with Crippen molar-refractivity contribution in [2.45, 2.75) is 55.8 Å². The van der Waals surface area contributed by atoms with Gasteiger partial charge in [0, 0.05) is 18.9 Å². The highest BCUT2D eigenvalue weighted by atomic mass is 32.2. The molecule has 2 saturated heterocycles. The molecule has 116 valence electrons. The van der Waals surface area contributed by atoms with E-state index >= 15 is 0 Å². The minimum absolute atomic E-state index is 0.0218. The second-order valence-electron chi connectivity index (χ2n) is 5.64. The van der Waals surface area contributed by atoms with Crippen LogP contribution in [0.4, 0.5) is 5.69 Å². The second kappa shape index (κ2) is 5.90. The molecule has 6 nitrogen and oxygen atoms in total. The number of pyridine rings is 1. The molecule has 0 spiro atoms. The Morgan fingerprint density at radius 2 is 2.29 bits per heavy atom. The van der Waals surface area contributed by atoms with Gasteiger partial charge >= 0.3 is 0 Å². The highest BCUT2D eigenvalue weighted by Gasteiger charge is 2.42. The van der Waals surface area contributed by atoms with Gasteiger partial charge in [-0.25, -0.2) is 13.1 Å². The molecule has 3 heterocycles. The third-order valence-corrected chi connectivity index (χ3v) is 5.57. The van der Waals surface area contributed by atoms with Gasteiger partial charge in [0.25, 0.3) is 0 Å². The molecule has 3 unspecified atom stereocenters. The number of anilines is 1. The first-order valence-electron chi connectivity index (χ1n) is 7.46. The van der Waals surface area contributed by atoms with Crippen LogP contribution in [-0.4, -0.2) is 38.2 Å². The lowest BCUT2D eigenvalue weighted by molar-refractivity contribution is 0.0996. The highest BCUT2D eigenvalue weighted by molar-refractivity contribution is 7.89. The number of sulfonamides is 1. The van der Waals surface area contributed by atoms with Crippen LogP contribution in [0, 0.1) is 0 Å². The molecule has 0 radical (unpaired) electrons. The Labute approximate surface area is 125 Å². The molecule has 1 aromatic rings. The Morgan fingerprint density at radius 3 is 2.95 bits per heavy atom. The summed E-state index contributed by atoms with van der Waals surface area (Å²) in [6.45, 7) is 2.76. The average Bonchev–Trinajstić information content (AvgIpc) is 3.07. The lowest BCUT2D eigenvalue weighted by Crippen LogP contribution is -2.41. The Balaban J connectivity index is 1.78. The summed E-state index contributed by atoms with van der Waals surface area (Å²) in [5, 5.41) is 3.14. The maximum absolute atomic E-state index is 12.6. The van der Waals surface area contributed by atoms with Crippen LogP contribution in [-0.2, 0) is 14.8 Å². The van der Waals surface area contributed by atoms with Gasteiger partial charge in [0.2, 0.25) is 10.0 Å². The minimum atomic E-state index is -3.58. The van der Waals surface area contributed by atoms with Gasteiger partial charge in [0.05, 0.1) is 23.9 Å². The fourth-order valence-corrected chi connectivity index (χ4v) is 4.43. The van der Waals surface area contributed by atoms with E-state index in [9.17, 15) is 8.42 Å².